The van der Waals surface area contributed by atoms with Crippen LogP contribution < -0.4 is 38.5 Å². The Bertz CT molecular complexity index is 400. The number of ether oxygens (including phenoxy) is 1. The van der Waals surface area contributed by atoms with Crippen molar-refractivity contribution in [2.45, 2.75) is 6.92 Å². The van der Waals surface area contributed by atoms with E-state index in [-0.39, 0.29) is 24.0 Å². The van der Waals surface area contributed by atoms with E-state index in [9.17, 15) is 4.79 Å². The predicted molar refractivity (Wildman–Crippen MR) is 65.8 cm³/mol. The molecule has 1 N–H and O–H groups in total. The minimum atomic E-state index is -0.447. The number of nitrogens with one attached hydrogen (secondary N) is 1. The maximum absolute atomic E-state index is 11.0. The van der Waals surface area contributed by atoms with Crippen LogP contribution in [0.4, 0.5) is 10.5 Å². The molecule has 0 spiro atoms. The van der Waals surface area contributed by atoms with Crippen molar-refractivity contribution in [2.24, 2.45) is 0 Å². The van der Waals surface area contributed by atoms with Crippen molar-refractivity contribution in [2.75, 3.05) is 28.2 Å². The van der Waals surface area contributed by atoms with Crippen LogP contribution in [0.2, 0.25) is 0 Å². The zero-order chi connectivity index (χ0) is 12.3. The van der Waals surface area contributed by atoms with Crippen LogP contribution in [0, 0.1) is 6.92 Å². The van der Waals surface area contributed by atoms with E-state index in [0.717, 1.165) is 10.0 Å². The van der Waals surface area contributed by atoms with Crippen molar-refractivity contribution < 1.29 is 33.5 Å². The average molecular weight is 350 g/mol. The molecule has 0 fully saturated rings. The molecular formula is C12H19IN2O2. The minimum Gasteiger partial charge on any atom is -1.00 e. The minimum absolute atomic E-state index is 0. The molecule has 0 saturated heterocycles. The first-order valence-corrected chi connectivity index (χ1v) is 5.17. The van der Waals surface area contributed by atoms with Crippen LogP contribution >= 0.6 is 0 Å². The first-order chi connectivity index (χ1) is 7.34. The molecule has 17 heavy (non-hydrogen) atoms. The molecule has 0 aliphatic rings. The fourth-order valence-corrected chi connectivity index (χ4v) is 1.60. The van der Waals surface area contributed by atoms with E-state index in [1.807, 2.05) is 19.1 Å². The van der Waals surface area contributed by atoms with Crippen LogP contribution in [0.3, 0.4) is 0 Å². The molecule has 4 nitrogen and oxygen atoms in total. The summed E-state index contributed by atoms with van der Waals surface area (Å²) in [5.74, 6) is 0.564. The number of hydrogen-bond donors (Lipinski definition) is 1. The Labute approximate surface area is 120 Å². The Morgan fingerprint density at radius 3 is 2.29 bits per heavy atom. The smallest absolute Gasteiger partial charge is 0.412 e. The second-order valence-electron chi connectivity index (χ2n) is 4.60. The molecule has 0 heterocycles. The first-order valence-electron chi connectivity index (χ1n) is 5.17. The Hall–Kier alpha value is -0.820. The number of carbonyl (C=O) groups is 1. The number of hydrogen-bond acceptors (Lipinski definition) is 2. The van der Waals surface area contributed by atoms with Crippen LogP contribution in [-0.4, -0.2) is 34.3 Å². The summed E-state index contributed by atoms with van der Waals surface area (Å²) in [6, 6.07) is 5.66. The van der Waals surface area contributed by atoms with E-state index in [1.165, 1.54) is 12.7 Å². The monoisotopic (exact) mass is 350 g/mol. The van der Waals surface area contributed by atoms with Gasteiger partial charge in [0.2, 0.25) is 0 Å². The van der Waals surface area contributed by atoms with E-state index in [4.69, 9.17) is 4.74 Å². The molecule has 0 aliphatic carbocycles. The number of carbonyl (C=O) groups excluding carboxylic acids is 1. The van der Waals surface area contributed by atoms with Crippen LogP contribution in [-0.2, 0) is 0 Å². The molecule has 1 amide bonds. The molecule has 1 aromatic rings. The highest BCUT2D eigenvalue weighted by Crippen LogP contribution is 2.26. The number of aryl methyl sites for hydroxylation is 1. The maximum atomic E-state index is 11.0. The number of nitrogens with zero attached hydrogens (tertiary/aromatic N) is 1. The van der Waals surface area contributed by atoms with Crippen LogP contribution in [0.25, 0.3) is 0 Å². The van der Waals surface area contributed by atoms with E-state index in [2.05, 4.69) is 26.5 Å². The number of benzene rings is 1. The normalized spacial score (nSPS) is 10.4. The molecule has 96 valence electrons. The third-order valence-electron chi connectivity index (χ3n) is 2.31. The summed E-state index contributed by atoms with van der Waals surface area (Å²) < 4.78 is 5.80. The number of quaternary nitrogens is 1. The molecule has 0 saturated carbocycles. The Kier molecular flexibility index (Phi) is 5.91. The molecule has 0 aromatic heterocycles. The zero-order valence-electron chi connectivity index (χ0n) is 10.9. The molecule has 1 rings (SSSR count). The van der Waals surface area contributed by atoms with Crippen molar-refractivity contribution in [3.8, 4) is 5.75 Å². The van der Waals surface area contributed by atoms with Gasteiger partial charge in [-0.2, -0.15) is 0 Å². The van der Waals surface area contributed by atoms with Gasteiger partial charge in [0.1, 0.15) is 11.4 Å². The second-order valence-corrected chi connectivity index (χ2v) is 4.60. The van der Waals surface area contributed by atoms with Crippen LogP contribution in [0.5, 0.6) is 5.75 Å². The first kappa shape index (κ1) is 16.2. The lowest BCUT2D eigenvalue weighted by Crippen LogP contribution is -3.00. The average Bonchev–Trinajstić information content (AvgIpc) is 2.15. The summed E-state index contributed by atoms with van der Waals surface area (Å²) in [6.07, 6.45) is -0.447. The van der Waals surface area contributed by atoms with E-state index >= 15 is 0 Å². The van der Waals surface area contributed by atoms with E-state index in [0.29, 0.717) is 5.75 Å². The largest absolute Gasteiger partial charge is 1.00 e. The van der Waals surface area contributed by atoms with Gasteiger partial charge in [0, 0.05) is 18.7 Å². The SMILES string of the molecule is CNC(=O)Oc1ccc([N+](C)(C)C)c(C)c1.[I-]. The van der Waals surface area contributed by atoms with Crippen molar-refractivity contribution >= 4 is 11.8 Å². The summed E-state index contributed by atoms with van der Waals surface area (Å²) in [5, 5.41) is 2.41. The van der Waals surface area contributed by atoms with Gasteiger partial charge in [0.05, 0.1) is 21.1 Å². The lowest BCUT2D eigenvalue weighted by molar-refractivity contribution is -0.00000871. The summed E-state index contributed by atoms with van der Waals surface area (Å²) in [7, 11) is 7.83. The van der Waals surface area contributed by atoms with Crippen molar-refractivity contribution in [1.29, 1.82) is 0 Å². The van der Waals surface area contributed by atoms with Crippen LogP contribution in [0.15, 0.2) is 18.2 Å². The predicted octanol–water partition coefficient (Wildman–Crippen LogP) is -1.09. The van der Waals surface area contributed by atoms with Crippen molar-refractivity contribution in [3.05, 3.63) is 23.8 Å². The van der Waals surface area contributed by atoms with Crippen molar-refractivity contribution in [3.63, 3.8) is 0 Å². The van der Waals surface area contributed by atoms with Gasteiger partial charge < -0.3 is 34.0 Å². The third-order valence-corrected chi connectivity index (χ3v) is 2.31. The van der Waals surface area contributed by atoms with Gasteiger partial charge in [-0.15, -0.1) is 0 Å². The summed E-state index contributed by atoms with van der Waals surface area (Å²) >= 11 is 0. The molecule has 0 aliphatic heterocycles. The Balaban J connectivity index is 0.00000256. The number of amides is 1. The van der Waals surface area contributed by atoms with Crippen LogP contribution in [0.1, 0.15) is 5.56 Å². The molecule has 5 heteroatoms. The molecular weight excluding hydrogens is 331 g/mol. The number of rotatable bonds is 2. The zero-order valence-corrected chi connectivity index (χ0v) is 13.0. The fourth-order valence-electron chi connectivity index (χ4n) is 1.60. The summed E-state index contributed by atoms with van der Waals surface area (Å²) in [4.78, 5) is 11.0. The van der Waals surface area contributed by atoms with Gasteiger partial charge in [-0.25, -0.2) is 4.79 Å². The molecule has 0 bridgehead atoms. The van der Waals surface area contributed by atoms with Gasteiger partial charge in [-0.3, -0.25) is 4.48 Å². The van der Waals surface area contributed by atoms with Gasteiger partial charge >= 0.3 is 6.09 Å². The molecule has 1 aromatic carbocycles. The fraction of sp³-hybridized carbons (Fsp3) is 0.417. The molecule has 0 atom stereocenters. The van der Waals surface area contributed by atoms with Gasteiger partial charge in [-0.1, -0.05) is 0 Å². The third kappa shape index (κ3) is 4.51. The standard InChI is InChI=1S/C12H18N2O2.HI/c1-9-8-10(16-12(15)13-2)6-7-11(9)14(3,4)5;/h6-8H,1-5H3;1H. The van der Waals surface area contributed by atoms with Crippen molar-refractivity contribution in [1.82, 2.24) is 9.80 Å². The Morgan fingerprint density at radius 1 is 1.29 bits per heavy atom. The van der Waals surface area contributed by atoms with Gasteiger partial charge in [-0.05, 0) is 19.1 Å². The summed E-state index contributed by atoms with van der Waals surface area (Å²) in [6.45, 7) is 2.01. The lowest BCUT2D eigenvalue weighted by atomic mass is 10.1. The number of halogens is 1. The van der Waals surface area contributed by atoms with E-state index < -0.39 is 6.09 Å². The van der Waals surface area contributed by atoms with Gasteiger partial charge in [0.25, 0.3) is 0 Å². The van der Waals surface area contributed by atoms with E-state index in [1.54, 1.807) is 6.07 Å². The molecule has 0 unspecified atom stereocenters. The maximum Gasteiger partial charge on any atom is 0.412 e. The van der Waals surface area contributed by atoms with Gasteiger partial charge in [0.15, 0.2) is 0 Å². The highest BCUT2D eigenvalue weighted by molar-refractivity contribution is 5.70. The second kappa shape index (κ2) is 6.20. The highest BCUT2D eigenvalue weighted by atomic mass is 127. The topological polar surface area (TPSA) is 38.3 Å². The lowest BCUT2D eigenvalue weighted by Gasteiger charge is -2.25. The summed E-state index contributed by atoms with van der Waals surface area (Å²) in [5.41, 5.74) is 2.30. The molecule has 0 radical (unpaired) electrons. The highest BCUT2D eigenvalue weighted by Gasteiger charge is 2.16. The quantitative estimate of drug-likeness (QED) is 0.544. The Morgan fingerprint density at radius 2 is 1.88 bits per heavy atom.